The zero-order valence-corrected chi connectivity index (χ0v) is 12.9. The largest absolute Gasteiger partial charge is 0.507 e. The van der Waals surface area contributed by atoms with Gasteiger partial charge in [-0.05, 0) is 31.0 Å². The number of aliphatic hydroxyl groups excluding tert-OH is 1. The van der Waals surface area contributed by atoms with Crippen LogP contribution < -0.4 is 0 Å². The average Bonchev–Trinajstić information content (AvgIpc) is 2.53. The van der Waals surface area contributed by atoms with Gasteiger partial charge in [0.25, 0.3) is 5.91 Å². The third-order valence-corrected chi connectivity index (χ3v) is 3.73. The summed E-state index contributed by atoms with van der Waals surface area (Å²) in [5.74, 6) is -1.38. The smallest absolute Gasteiger partial charge is 0.258 e. The average molecular weight is 317 g/mol. The van der Waals surface area contributed by atoms with Gasteiger partial charge in [-0.2, -0.15) is 0 Å². The number of carbonyl (C=O) groups is 1. The lowest BCUT2D eigenvalue weighted by atomic mass is 10.1. The summed E-state index contributed by atoms with van der Waals surface area (Å²) in [6.07, 6.45) is 0.417. The lowest BCUT2D eigenvalue weighted by Crippen LogP contribution is -2.38. The van der Waals surface area contributed by atoms with Gasteiger partial charge in [0.15, 0.2) is 0 Å². The molecule has 1 atom stereocenters. The molecular formula is C18H20FNO3. The molecule has 0 heterocycles. The molecule has 2 aromatic rings. The van der Waals surface area contributed by atoms with Gasteiger partial charge in [-0.3, -0.25) is 4.79 Å². The second-order valence-electron chi connectivity index (χ2n) is 5.44. The Morgan fingerprint density at radius 2 is 1.91 bits per heavy atom. The Morgan fingerprint density at radius 1 is 1.22 bits per heavy atom. The van der Waals surface area contributed by atoms with Crippen molar-refractivity contribution in [3.05, 3.63) is 65.5 Å². The van der Waals surface area contributed by atoms with Gasteiger partial charge in [-0.15, -0.1) is 0 Å². The molecule has 0 fully saturated rings. The Labute approximate surface area is 134 Å². The van der Waals surface area contributed by atoms with Crippen LogP contribution in [-0.2, 0) is 6.54 Å². The number of hydrogen-bond acceptors (Lipinski definition) is 3. The predicted octanol–water partition coefficient (Wildman–Crippen LogP) is 2.94. The Morgan fingerprint density at radius 3 is 2.52 bits per heavy atom. The molecule has 122 valence electrons. The summed E-state index contributed by atoms with van der Waals surface area (Å²) >= 11 is 0. The monoisotopic (exact) mass is 317 g/mol. The number of rotatable bonds is 6. The van der Waals surface area contributed by atoms with Crippen molar-refractivity contribution in [3.63, 3.8) is 0 Å². The minimum absolute atomic E-state index is 0.0465. The van der Waals surface area contributed by atoms with Gasteiger partial charge in [0, 0.05) is 25.3 Å². The number of aliphatic hydroxyl groups is 1. The van der Waals surface area contributed by atoms with Crippen LogP contribution in [0, 0.1) is 5.82 Å². The van der Waals surface area contributed by atoms with Gasteiger partial charge < -0.3 is 15.1 Å². The third-order valence-electron chi connectivity index (χ3n) is 3.73. The zero-order valence-electron chi connectivity index (χ0n) is 12.9. The number of benzene rings is 2. The Hall–Kier alpha value is -2.40. The van der Waals surface area contributed by atoms with E-state index < -0.39 is 11.7 Å². The minimum Gasteiger partial charge on any atom is -0.507 e. The standard InChI is InChI=1S/C18H20FNO3/c1-13(9-10-21)20(12-14-5-3-2-4-6-14)18(23)16-8-7-15(19)11-17(16)22/h2-8,11,13,21-22H,9-10,12H2,1H3. The Balaban J connectivity index is 2.30. The summed E-state index contributed by atoms with van der Waals surface area (Å²) in [5, 5.41) is 19.0. The molecule has 1 unspecified atom stereocenters. The van der Waals surface area contributed by atoms with Crippen molar-refractivity contribution < 1.29 is 19.4 Å². The summed E-state index contributed by atoms with van der Waals surface area (Å²) in [7, 11) is 0. The molecule has 5 heteroatoms. The van der Waals surface area contributed by atoms with E-state index in [0.29, 0.717) is 13.0 Å². The van der Waals surface area contributed by atoms with Gasteiger partial charge in [0.2, 0.25) is 0 Å². The molecule has 0 aromatic heterocycles. The predicted molar refractivity (Wildman–Crippen MR) is 85.5 cm³/mol. The normalized spacial score (nSPS) is 12.0. The van der Waals surface area contributed by atoms with Crippen LogP contribution in [0.5, 0.6) is 5.75 Å². The van der Waals surface area contributed by atoms with Crippen molar-refractivity contribution in [1.82, 2.24) is 4.90 Å². The molecule has 2 rings (SSSR count). The van der Waals surface area contributed by atoms with Gasteiger partial charge in [-0.1, -0.05) is 30.3 Å². The molecule has 0 bridgehead atoms. The van der Waals surface area contributed by atoms with Crippen molar-refractivity contribution in [2.75, 3.05) is 6.61 Å². The Kier molecular flexibility index (Phi) is 5.71. The second-order valence-corrected chi connectivity index (χ2v) is 5.44. The number of amides is 1. The first-order chi connectivity index (χ1) is 11.0. The molecule has 2 aromatic carbocycles. The molecule has 0 aliphatic heterocycles. The van der Waals surface area contributed by atoms with E-state index in [1.54, 1.807) is 4.90 Å². The van der Waals surface area contributed by atoms with Gasteiger partial charge >= 0.3 is 0 Å². The molecule has 1 amide bonds. The molecule has 0 radical (unpaired) electrons. The summed E-state index contributed by atoms with van der Waals surface area (Å²) in [4.78, 5) is 14.3. The van der Waals surface area contributed by atoms with Crippen LogP contribution >= 0.6 is 0 Å². The van der Waals surface area contributed by atoms with Crippen LogP contribution in [-0.4, -0.2) is 33.7 Å². The highest BCUT2D eigenvalue weighted by atomic mass is 19.1. The van der Waals surface area contributed by atoms with Crippen molar-refractivity contribution in [2.45, 2.75) is 25.9 Å². The van der Waals surface area contributed by atoms with Gasteiger partial charge in [-0.25, -0.2) is 4.39 Å². The second kappa shape index (κ2) is 7.74. The number of phenolic OH excluding ortho intramolecular Hbond substituents is 1. The van der Waals surface area contributed by atoms with Gasteiger partial charge in [0.1, 0.15) is 11.6 Å². The first kappa shape index (κ1) is 17.0. The van der Waals surface area contributed by atoms with E-state index in [-0.39, 0.29) is 24.0 Å². The fourth-order valence-corrected chi connectivity index (χ4v) is 2.39. The molecule has 0 saturated carbocycles. The molecule has 0 spiro atoms. The Bertz CT molecular complexity index is 661. The van der Waals surface area contributed by atoms with Crippen LogP contribution in [0.2, 0.25) is 0 Å². The number of hydrogen-bond donors (Lipinski definition) is 2. The van der Waals surface area contributed by atoms with Crippen LogP contribution in [0.15, 0.2) is 48.5 Å². The fourth-order valence-electron chi connectivity index (χ4n) is 2.39. The number of carbonyl (C=O) groups excluding carboxylic acids is 1. The molecule has 2 N–H and O–H groups in total. The third kappa shape index (κ3) is 4.29. The lowest BCUT2D eigenvalue weighted by Gasteiger charge is -2.29. The molecule has 0 saturated heterocycles. The van der Waals surface area contributed by atoms with Crippen molar-refractivity contribution in [3.8, 4) is 5.75 Å². The quantitative estimate of drug-likeness (QED) is 0.861. The maximum absolute atomic E-state index is 13.1. The van der Waals surface area contributed by atoms with Gasteiger partial charge in [0.05, 0.1) is 5.56 Å². The summed E-state index contributed by atoms with van der Waals surface area (Å²) in [6, 6.07) is 12.6. The van der Waals surface area contributed by atoms with Crippen molar-refractivity contribution in [2.24, 2.45) is 0 Å². The van der Waals surface area contributed by atoms with E-state index in [4.69, 9.17) is 5.11 Å². The summed E-state index contributed by atoms with van der Waals surface area (Å²) in [5.41, 5.74) is 0.986. The van der Waals surface area contributed by atoms with E-state index in [2.05, 4.69) is 0 Å². The van der Waals surface area contributed by atoms with E-state index in [0.717, 1.165) is 17.7 Å². The topological polar surface area (TPSA) is 60.8 Å². The summed E-state index contributed by atoms with van der Waals surface area (Å²) < 4.78 is 13.1. The van der Waals surface area contributed by atoms with E-state index in [9.17, 15) is 14.3 Å². The van der Waals surface area contributed by atoms with Crippen LogP contribution in [0.1, 0.15) is 29.3 Å². The fraction of sp³-hybridized carbons (Fsp3) is 0.278. The number of phenols is 1. The number of halogens is 1. The SMILES string of the molecule is CC(CCO)N(Cc1ccccc1)C(=O)c1ccc(F)cc1O. The van der Waals surface area contributed by atoms with Crippen molar-refractivity contribution >= 4 is 5.91 Å². The molecular weight excluding hydrogens is 297 g/mol. The van der Waals surface area contributed by atoms with Crippen LogP contribution in [0.4, 0.5) is 4.39 Å². The molecule has 0 aliphatic rings. The van der Waals surface area contributed by atoms with Crippen LogP contribution in [0.3, 0.4) is 0 Å². The highest BCUT2D eigenvalue weighted by Gasteiger charge is 2.24. The zero-order chi connectivity index (χ0) is 16.8. The lowest BCUT2D eigenvalue weighted by molar-refractivity contribution is 0.0645. The molecule has 23 heavy (non-hydrogen) atoms. The maximum Gasteiger partial charge on any atom is 0.258 e. The maximum atomic E-state index is 13.1. The highest BCUT2D eigenvalue weighted by Crippen LogP contribution is 2.23. The molecule has 4 nitrogen and oxygen atoms in total. The van der Waals surface area contributed by atoms with E-state index in [1.807, 2.05) is 37.3 Å². The van der Waals surface area contributed by atoms with E-state index >= 15 is 0 Å². The van der Waals surface area contributed by atoms with Crippen LogP contribution in [0.25, 0.3) is 0 Å². The number of aromatic hydroxyl groups is 1. The highest BCUT2D eigenvalue weighted by molar-refractivity contribution is 5.97. The minimum atomic E-state index is -0.600. The van der Waals surface area contributed by atoms with Crippen molar-refractivity contribution in [1.29, 1.82) is 0 Å². The number of nitrogens with zero attached hydrogens (tertiary/aromatic N) is 1. The first-order valence-corrected chi connectivity index (χ1v) is 7.47. The first-order valence-electron chi connectivity index (χ1n) is 7.47. The van der Waals surface area contributed by atoms with E-state index in [1.165, 1.54) is 6.07 Å². The summed E-state index contributed by atoms with van der Waals surface area (Å²) in [6.45, 7) is 2.13. The molecule has 0 aliphatic carbocycles.